The molecule has 1 saturated heterocycles. The molecule has 0 bridgehead atoms. The van der Waals surface area contributed by atoms with Crippen molar-refractivity contribution in [3.05, 3.63) is 84.1 Å². The molecule has 8 rings (SSSR count). The first-order chi connectivity index (χ1) is 36.4. The van der Waals surface area contributed by atoms with Crippen LogP contribution >= 0.6 is 23.5 Å². The highest BCUT2D eigenvalue weighted by atomic mass is 32.2. The first-order valence-corrected chi connectivity index (χ1v) is 31.0. The van der Waals surface area contributed by atoms with Gasteiger partial charge in [0.15, 0.2) is 29.5 Å². The van der Waals surface area contributed by atoms with Crippen molar-refractivity contribution in [2.45, 2.75) is 98.0 Å². The van der Waals surface area contributed by atoms with E-state index in [9.17, 15) is 64.1 Å². The van der Waals surface area contributed by atoms with Gasteiger partial charge in [0.05, 0.1) is 28.1 Å². The molecule has 2 aromatic heterocycles. The van der Waals surface area contributed by atoms with E-state index < -0.39 is 91.8 Å². The number of nitrogens with one attached hydrogen (secondary N) is 2. The van der Waals surface area contributed by atoms with Crippen LogP contribution in [0.1, 0.15) is 70.2 Å². The number of aliphatic hydroxyl groups excluding tert-OH is 1. The van der Waals surface area contributed by atoms with Crippen LogP contribution in [0.5, 0.6) is 0 Å². The average Bonchev–Trinajstić information content (AvgIpc) is 4.25. The fourth-order valence-electron chi connectivity index (χ4n) is 10.4. The van der Waals surface area contributed by atoms with Gasteiger partial charge in [-0.05, 0) is 82.0 Å². The Morgan fingerprint density at radius 3 is 2.33 bits per heavy atom. The van der Waals surface area contributed by atoms with Crippen molar-refractivity contribution < 1.29 is 101 Å². The summed E-state index contributed by atoms with van der Waals surface area (Å²) in [5, 5.41) is 16.3. The van der Waals surface area contributed by atoms with Crippen molar-refractivity contribution in [1.29, 1.82) is 0 Å². The molecule has 10 N–H and O–H groups in total. The Bertz CT molecular complexity index is 3540. The van der Waals surface area contributed by atoms with Gasteiger partial charge in [-0.15, -0.1) is 0 Å². The highest BCUT2D eigenvalue weighted by Crippen LogP contribution is 2.66. The Morgan fingerprint density at radius 2 is 1.64 bits per heavy atom. The van der Waals surface area contributed by atoms with Gasteiger partial charge in [-0.1, -0.05) is 6.08 Å². The molecule has 35 heteroatoms. The molecule has 0 spiro atoms. The molecule has 0 saturated carbocycles. The fraction of sp³-hybridized carbons (Fsp3) is 0.442. The monoisotopic (exact) mass is 1190 g/mol. The molecule has 2 amide bonds. The van der Waals surface area contributed by atoms with E-state index in [-0.39, 0.29) is 52.2 Å². The molecular formula is C43H54N9O21P3S2. The predicted octanol–water partition coefficient (Wildman–Crippen LogP) is 2.63. The first kappa shape index (κ1) is 58.8. The number of aromatic nitrogens is 4. The number of hydrogen-bond acceptors (Lipinski definition) is 21. The highest BCUT2D eigenvalue weighted by Gasteiger charge is 2.56. The highest BCUT2D eigenvalue weighted by molar-refractivity contribution is 7.86. The molecule has 8 atom stereocenters. The van der Waals surface area contributed by atoms with Crippen LogP contribution in [0.15, 0.2) is 82.8 Å². The van der Waals surface area contributed by atoms with Gasteiger partial charge in [-0.3, -0.25) is 18.4 Å². The molecule has 2 aromatic carbocycles. The predicted molar refractivity (Wildman–Crippen MR) is 269 cm³/mol. The van der Waals surface area contributed by atoms with E-state index in [4.69, 9.17) is 25.0 Å². The molecule has 1 aliphatic carbocycles. The van der Waals surface area contributed by atoms with Gasteiger partial charge in [0, 0.05) is 67.0 Å². The zero-order valence-electron chi connectivity index (χ0n) is 41.5. The maximum absolute atomic E-state index is 13.1. The van der Waals surface area contributed by atoms with Crippen LogP contribution in [0.3, 0.4) is 0 Å². The Labute approximate surface area is 444 Å². The second-order valence-electron chi connectivity index (χ2n) is 18.8. The van der Waals surface area contributed by atoms with E-state index in [1.165, 1.54) is 28.8 Å². The molecule has 424 valence electrons. The normalized spacial score (nSPS) is 24.5. The van der Waals surface area contributed by atoms with Crippen LogP contribution in [0, 0.1) is 0 Å². The largest absolute Gasteiger partial charge is 0.744 e. The van der Waals surface area contributed by atoms with Crippen LogP contribution in [-0.2, 0) is 72.2 Å². The van der Waals surface area contributed by atoms with E-state index in [1.54, 1.807) is 12.1 Å². The number of rotatable bonds is 21. The van der Waals surface area contributed by atoms with Crippen LogP contribution in [0.4, 0.5) is 22.0 Å². The molecule has 30 nitrogen and oxygen atoms in total. The van der Waals surface area contributed by atoms with Crippen molar-refractivity contribution in [2.24, 2.45) is 0 Å². The maximum Gasteiger partial charge on any atom is 0.490 e. The number of amides is 2. The number of carbonyl (C=O) groups is 2. The lowest BCUT2D eigenvalue weighted by Crippen LogP contribution is -2.41. The standard InChI is InChI=1S/C43H54N9O21P3S2/c1-4-50-29-14-12-25(77(63,64)65)19-27(29)42(2)22-43(3)28-20-26(78(66,67)68)13-15-30(28)51(33(43)10-8-9-32(42)50)18-7-5-6-11-34(53)45-16-17-46-41(55)71-37-36(54)31(21-69-75(59,60)73-76(61,62)72-74(56,57)58)70-40(37)52-24-49-35-38(44)47-23-48-39(35)52/h8-10,12-15,19-20,23-24,31,36-37,40,54H,4-7,11,16-18,21-22H2,1-3H3,(H9-,44,45,46,47,48,53,55,56,57,58,59,60,61,62,63,64,65,66,67,68)/t31-,36-,37-,40-,42?,43?/m1/s1. The number of alkyl carbamates (subject to hydrolysis) is 1. The Kier molecular flexibility index (Phi) is 16.5. The zero-order chi connectivity index (χ0) is 57.0. The number of unbranched alkanes of at least 4 members (excludes halogenated alkanes) is 2. The number of fused-ring (bicyclic) bond motifs is 7. The van der Waals surface area contributed by atoms with Gasteiger partial charge in [-0.25, -0.2) is 41.9 Å². The molecule has 0 radical (unpaired) electrons. The lowest BCUT2D eigenvalue weighted by atomic mass is 9.64. The minimum atomic E-state index is -5.89. The third-order valence-electron chi connectivity index (χ3n) is 13.6. The topological polar surface area (TPSA) is 444 Å². The molecule has 1 fully saturated rings. The number of ether oxygens (including phenoxy) is 2. The molecule has 4 aliphatic rings. The summed E-state index contributed by atoms with van der Waals surface area (Å²) in [6.45, 7) is 5.46. The second-order valence-corrected chi connectivity index (χ2v) is 26.0. The van der Waals surface area contributed by atoms with Gasteiger partial charge in [0.2, 0.25) is 11.6 Å². The third-order valence-corrected chi connectivity index (χ3v) is 19.1. The minimum absolute atomic E-state index is 0.0309. The van der Waals surface area contributed by atoms with E-state index in [2.05, 4.69) is 43.3 Å². The number of allylic oxidation sites excluding steroid dienone is 4. The summed E-state index contributed by atoms with van der Waals surface area (Å²) in [5.74, 6) is -0.412. The van der Waals surface area contributed by atoms with Gasteiger partial charge >= 0.3 is 29.6 Å². The zero-order valence-corrected chi connectivity index (χ0v) is 45.8. The quantitative estimate of drug-likeness (QED) is 0.0250. The Balaban J connectivity index is 0.877. The molecule has 78 heavy (non-hydrogen) atoms. The van der Waals surface area contributed by atoms with E-state index in [1.807, 2.05) is 43.9 Å². The number of nitrogen functional groups attached to an aromatic ring is 1. The summed E-state index contributed by atoms with van der Waals surface area (Å²) in [6, 6.07) is 8.71. The first-order valence-electron chi connectivity index (χ1n) is 23.7. The number of nitrogens with zero attached hydrogens (tertiary/aromatic N) is 6. The summed E-state index contributed by atoms with van der Waals surface area (Å²) in [4.78, 5) is 76.5. The lowest BCUT2D eigenvalue weighted by Gasteiger charge is -2.37. The fourth-order valence-corrected chi connectivity index (χ4v) is 14.4. The van der Waals surface area contributed by atoms with Crippen molar-refractivity contribution >= 4 is 89.8 Å². The number of benzene rings is 2. The lowest BCUT2D eigenvalue weighted by molar-refractivity contribution is -0.438. The van der Waals surface area contributed by atoms with Crippen molar-refractivity contribution in [2.75, 3.05) is 43.4 Å². The van der Waals surface area contributed by atoms with Crippen molar-refractivity contribution in [3.8, 4) is 0 Å². The van der Waals surface area contributed by atoms with E-state index in [0.29, 0.717) is 55.6 Å². The third kappa shape index (κ3) is 12.3. The smallest absolute Gasteiger partial charge is 0.490 e. The van der Waals surface area contributed by atoms with Gasteiger partial charge in [0.25, 0.3) is 10.1 Å². The number of anilines is 2. The average molecular weight is 1190 g/mol. The SMILES string of the molecule is CCN1C2=CC=CC3=[N+](CCCCCC(=O)NCCNC(=O)O[C@@H]4[C@H](O)[C@@H](COP(=O)(O)OP(=O)(O)OP(=O)(O)O)O[C@H]4n4cnc5c(N)ncnc54)c4ccc(S(=O)(=O)O)cc4C3(C)CC2(C)c2cc(S(=O)(=O)[O-])ccc21. The number of imidazole rings is 1. The Hall–Kier alpha value is -5.37. The summed E-state index contributed by atoms with van der Waals surface area (Å²) in [6.07, 6.45) is 2.13. The van der Waals surface area contributed by atoms with Crippen LogP contribution in [0.25, 0.3) is 11.2 Å². The minimum Gasteiger partial charge on any atom is -0.744 e. The van der Waals surface area contributed by atoms with Crippen LogP contribution in [-0.4, -0.2) is 144 Å². The molecule has 3 aliphatic heterocycles. The van der Waals surface area contributed by atoms with Gasteiger partial charge in [-0.2, -0.15) is 21.6 Å². The number of phosphoric ester groups is 1. The van der Waals surface area contributed by atoms with E-state index >= 15 is 0 Å². The number of likely N-dealkylation sites (N-methyl/N-ethyl adjacent to an activating group) is 1. The Morgan fingerprint density at radius 1 is 0.936 bits per heavy atom. The summed E-state index contributed by atoms with van der Waals surface area (Å²) < 4.78 is 134. The number of nitrogens with two attached hydrogens (primary N) is 1. The van der Waals surface area contributed by atoms with Crippen molar-refractivity contribution in [3.63, 3.8) is 0 Å². The van der Waals surface area contributed by atoms with Crippen LogP contribution < -0.4 is 21.3 Å². The number of aliphatic hydroxyl groups is 1. The van der Waals surface area contributed by atoms with Crippen LogP contribution in [0.2, 0.25) is 0 Å². The molecule has 4 unspecified atom stereocenters. The molecule has 4 aromatic rings. The number of carbonyl (C=O) groups excluding carboxylic acids is 2. The van der Waals surface area contributed by atoms with Gasteiger partial charge < -0.3 is 60.0 Å². The maximum atomic E-state index is 13.1. The number of hydrogen-bond donors (Lipinski definition) is 9. The molecule has 5 heterocycles. The summed E-state index contributed by atoms with van der Waals surface area (Å²) in [7, 11) is -26.7. The van der Waals surface area contributed by atoms with E-state index in [0.717, 1.165) is 29.8 Å². The number of phosphoric acid groups is 3. The molecular weight excluding hydrogens is 1140 g/mol. The summed E-state index contributed by atoms with van der Waals surface area (Å²) >= 11 is 0. The van der Waals surface area contributed by atoms with Gasteiger partial charge in [0.1, 0.15) is 40.7 Å². The summed E-state index contributed by atoms with van der Waals surface area (Å²) in [5.41, 5.74) is 8.51. The van der Waals surface area contributed by atoms with Crippen molar-refractivity contribution in [1.82, 2.24) is 30.2 Å². The second kappa shape index (κ2) is 21.9.